The van der Waals surface area contributed by atoms with Crippen LogP contribution < -0.4 is 0 Å². The molecule has 19 heavy (non-hydrogen) atoms. The van der Waals surface area contributed by atoms with E-state index >= 15 is 0 Å². The second-order valence-corrected chi connectivity index (χ2v) is 6.10. The number of esters is 1. The molecule has 0 heterocycles. The summed E-state index contributed by atoms with van der Waals surface area (Å²) in [6.07, 6.45) is 3.88. The Morgan fingerprint density at radius 1 is 1.26 bits per heavy atom. The third-order valence-corrected chi connectivity index (χ3v) is 4.02. The Hall–Kier alpha value is -1.06. The van der Waals surface area contributed by atoms with Gasteiger partial charge < -0.3 is 9.84 Å². The summed E-state index contributed by atoms with van der Waals surface area (Å²) < 4.78 is 5.59. The van der Waals surface area contributed by atoms with Crippen LogP contribution in [0.25, 0.3) is 0 Å². The zero-order valence-electron chi connectivity index (χ0n) is 12.2. The molecule has 4 nitrogen and oxygen atoms in total. The second-order valence-electron chi connectivity index (χ2n) is 6.10. The van der Waals surface area contributed by atoms with E-state index in [4.69, 9.17) is 9.84 Å². The number of rotatable bonds is 6. The topological polar surface area (TPSA) is 63.6 Å². The lowest BCUT2D eigenvalue weighted by molar-refractivity contribution is -0.156. The first kappa shape index (κ1) is 16.0. The third kappa shape index (κ3) is 5.62. The molecule has 0 aromatic rings. The van der Waals surface area contributed by atoms with Gasteiger partial charge in [0.1, 0.15) is 6.10 Å². The predicted octanol–water partition coefficient (Wildman–Crippen LogP) is 3.25. The lowest BCUT2D eigenvalue weighted by atomic mass is 9.75. The highest BCUT2D eigenvalue weighted by atomic mass is 16.5. The first-order valence-corrected chi connectivity index (χ1v) is 7.31. The quantitative estimate of drug-likeness (QED) is 0.752. The van der Waals surface area contributed by atoms with Crippen LogP contribution in [0.3, 0.4) is 0 Å². The molecule has 3 atom stereocenters. The van der Waals surface area contributed by atoms with E-state index < -0.39 is 5.97 Å². The highest BCUT2D eigenvalue weighted by molar-refractivity contribution is 5.71. The van der Waals surface area contributed by atoms with E-state index in [2.05, 4.69) is 20.8 Å². The minimum absolute atomic E-state index is 0.0149. The van der Waals surface area contributed by atoms with Crippen LogP contribution >= 0.6 is 0 Å². The Labute approximate surface area is 115 Å². The van der Waals surface area contributed by atoms with Crippen LogP contribution in [0, 0.1) is 17.8 Å². The van der Waals surface area contributed by atoms with Crippen molar-refractivity contribution in [3.8, 4) is 0 Å². The van der Waals surface area contributed by atoms with Crippen LogP contribution in [-0.2, 0) is 14.3 Å². The molecular weight excluding hydrogens is 244 g/mol. The Kier molecular flexibility index (Phi) is 6.32. The van der Waals surface area contributed by atoms with Crippen LogP contribution in [0.2, 0.25) is 0 Å². The molecule has 0 aromatic heterocycles. The zero-order valence-corrected chi connectivity index (χ0v) is 12.2. The maximum absolute atomic E-state index is 11.8. The molecule has 1 saturated carbocycles. The first-order valence-electron chi connectivity index (χ1n) is 7.31. The number of carboxylic acid groups (broad SMARTS) is 1. The fourth-order valence-electron chi connectivity index (χ4n) is 2.86. The molecule has 0 aromatic carbocycles. The molecule has 1 N–H and O–H groups in total. The molecule has 0 aliphatic heterocycles. The van der Waals surface area contributed by atoms with Gasteiger partial charge in [-0.15, -0.1) is 0 Å². The zero-order chi connectivity index (χ0) is 14.4. The largest absolute Gasteiger partial charge is 0.481 e. The monoisotopic (exact) mass is 270 g/mol. The number of hydrogen-bond acceptors (Lipinski definition) is 3. The predicted molar refractivity (Wildman–Crippen MR) is 72.7 cm³/mol. The smallest absolute Gasteiger partial charge is 0.306 e. The van der Waals surface area contributed by atoms with Crippen LogP contribution in [0.4, 0.5) is 0 Å². The van der Waals surface area contributed by atoms with Gasteiger partial charge in [0.2, 0.25) is 0 Å². The highest BCUT2D eigenvalue weighted by Gasteiger charge is 2.33. The molecule has 0 radical (unpaired) electrons. The SMILES string of the molecule is CC(C)C1CC[C@H](C)CC1OC(=O)CCCC(=O)O. The Morgan fingerprint density at radius 3 is 2.53 bits per heavy atom. The standard InChI is InChI=1S/C15H26O4/c1-10(2)12-8-7-11(3)9-13(12)19-15(18)6-4-5-14(16)17/h10-13H,4-9H2,1-3H3,(H,16,17)/t11-,12?,13?/m0/s1. The molecule has 1 aliphatic rings. The first-order chi connectivity index (χ1) is 8.90. The van der Waals surface area contributed by atoms with Crippen molar-refractivity contribution in [2.45, 2.75) is 65.4 Å². The van der Waals surface area contributed by atoms with Gasteiger partial charge in [-0.3, -0.25) is 9.59 Å². The minimum Gasteiger partial charge on any atom is -0.481 e. The summed E-state index contributed by atoms with van der Waals surface area (Å²) in [4.78, 5) is 22.2. The summed E-state index contributed by atoms with van der Waals surface area (Å²) in [6.45, 7) is 6.54. The fourth-order valence-corrected chi connectivity index (χ4v) is 2.86. The number of carboxylic acids is 1. The molecule has 4 heteroatoms. The second kappa shape index (κ2) is 7.51. The van der Waals surface area contributed by atoms with Gasteiger partial charge in [0, 0.05) is 12.8 Å². The molecule has 0 spiro atoms. The molecule has 1 rings (SSSR count). The summed E-state index contributed by atoms with van der Waals surface area (Å²) in [6, 6.07) is 0. The van der Waals surface area contributed by atoms with Gasteiger partial charge >= 0.3 is 11.9 Å². The molecular formula is C15H26O4. The molecule has 0 bridgehead atoms. The minimum atomic E-state index is -0.862. The van der Waals surface area contributed by atoms with Crippen molar-refractivity contribution in [2.24, 2.45) is 17.8 Å². The van der Waals surface area contributed by atoms with Crippen LogP contribution in [0.15, 0.2) is 0 Å². The Morgan fingerprint density at radius 2 is 1.95 bits per heavy atom. The van der Waals surface area contributed by atoms with Gasteiger partial charge in [0.15, 0.2) is 0 Å². The summed E-state index contributed by atoms with van der Waals surface area (Å²) in [5, 5.41) is 8.55. The molecule has 110 valence electrons. The van der Waals surface area contributed by atoms with E-state index in [1.807, 2.05) is 0 Å². The van der Waals surface area contributed by atoms with Crippen molar-refractivity contribution in [2.75, 3.05) is 0 Å². The number of carbonyl (C=O) groups is 2. The fraction of sp³-hybridized carbons (Fsp3) is 0.867. The van der Waals surface area contributed by atoms with Gasteiger partial charge in [-0.2, -0.15) is 0 Å². The molecule has 1 fully saturated rings. The normalized spacial score (nSPS) is 27.3. The van der Waals surface area contributed by atoms with Crippen LogP contribution in [0.5, 0.6) is 0 Å². The van der Waals surface area contributed by atoms with Crippen molar-refractivity contribution in [1.29, 1.82) is 0 Å². The van der Waals surface area contributed by atoms with Gasteiger partial charge in [-0.1, -0.05) is 27.2 Å². The van der Waals surface area contributed by atoms with Gasteiger partial charge in [-0.05, 0) is 37.0 Å². The lowest BCUT2D eigenvalue weighted by Gasteiger charge is -2.36. The Balaban J connectivity index is 2.42. The van der Waals surface area contributed by atoms with Crippen molar-refractivity contribution in [3.63, 3.8) is 0 Å². The number of hydrogen-bond donors (Lipinski definition) is 1. The van der Waals surface area contributed by atoms with Crippen LogP contribution in [0.1, 0.15) is 59.3 Å². The Bertz CT molecular complexity index is 311. The maximum Gasteiger partial charge on any atom is 0.306 e. The van der Waals surface area contributed by atoms with E-state index in [1.54, 1.807) is 0 Å². The van der Waals surface area contributed by atoms with E-state index in [9.17, 15) is 9.59 Å². The summed E-state index contributed by atoms with van der Waals surface area (Å²) in [5.74, 6) is 0.459. The van der Waals surface area contributed by atoms with Crippen molar-refractivity contribution < 1.29 is 19.4 Å². The van der Waals surface area contributed by atoms with Gasteiger partial charge in [-0.25, -0.2) is 0 Å². The van der Waals surface area contributed by atoms with E-state index in [0.717, 1.165) is 12.8 Å². The summed E-state index contributed by atoms with van der Waals surface area (Å²) in [5.41, 5.74) is 0. The van der Waals surface area contributed by atoms with Gasteiger partial charge in [0.05, 0.1) is 0 Å². The molecule has 2 unspecified atom stereocenters. The summed E-state index contributed by atoms with van der Waals surface area (Å²) in [7, 11) is 0. The number of aliphatic carboxylic acids is 1. The molecule has 0 saturated heterocycles. The van der Waals surface area contributed by atoms with Crippen molar-refractivity contribution in [3.05, 3.63) is 0 Å². The maximum atomic E-state index is 11.8. The lowest BCUT2D eigenvalue weighted by Crippen LogP contribution is -2.35. The number of carbonyl (C=O) groups excluding carboxylic acids is 1. The number of ether oxygens (including phenoxy) is 1. The third-order valence-electron chi connectivity index (χ3n) is 4.02. The average molecular weight is 270 g/mol. The highest BCUT2D eigenvalue weighted by Crippen LogP contribution is 2.35. The van der Waals surface area contributed by atoms with Crippen molar-refractivity contribution >= 4 is 11.9 Å². The summed E-state index contributed by atoms with van der Waals surface area (Å²) >= 11 is 0. The molecule has 1 aliphatic carbocycles. The van der Waals surface area contributed by atoms with Crippen LogP contribution in [-0.4, -0.2) is 23.1 Å². The molecule has 0 amide bonds. The average Bonchev–Trinajstić information content (AvgIpc) is 2.27. The van der Waals surface area contributed by atoms with E-state index in [0.29, 0.717) is 24.2 Å². The van der Waals surface area contributed by atoms with E-state index in [-0.39, 0.29) is 24.9 Å². The van der Waals surface area contributed by atoms with Crippen molar-refractivity contribution in [1.82, 2.24) is 0 Å². The van der Waals surface area contributed by atoms with E-state index in [1.165, 1.54) is 6.42 Å². The van der Waals surface area contributed by atoms with Gasteiger partial charge in [0.25, 0.3) is 0 Å².